The second-order valence-electron chi connectivity index (χ2n) is 6.01. The molecule has 1 aromatic heterocycles. The van der Waals surface area contributed by atoms with Crippen molar-refractivity contribution in [3.8, 4) is 0 Å². The van der Waals surface area contributed by atoms with Crippen LogP contribution in [-0.4, -0.2) is 17.0 Å². The molecule has 130 valence electrons. The van der Waals surface area contributed by atoms with Crippen molar-refractivity contribution in [1.82, 2.24) is 4.57 Å². The van der Waals surface area contributed by atoms with Crippen LogP contribution in [0.2, 0.25) is 0 Å². The molecule has 0 fully saturated rings. The largest absolute Gasteiger partial charge is 0.358 e. The van der Waals surface area contributed by atoms with E-state index in [0.29, 0.717) is 12.2 Å². The number of rotatable bonds is 6. The average molecular weight is 400 g/mol. The highest BCUT2D eigenvalue weighted by atomic mass is 79.9. The zero-order chi connectivity index (χ0) is 18.0. The lowest BCUT2D eigenvalue weighted by atomic mass is 10.0. The van der Waals surface area contributed by atoms with E-state index in [-0.39, 0.29) is 12.0 Å². The van der Waals surface area contributed by atoms with Crippen molar-refractivity contribution in [3.05, 3.63) is 69.8 Å². The predicted octanol–water partition coefficient (Wildman–Crippen LogP) is 5.89. The van der Waals surface area contributed by atoms with Gasteiger partial charge < -0.3 is 9.30 Å². The standard InChI is InChI=1S/C21H22BrNO2/c1-4-19(25-5-2)23-14(3)20(17-13-16(22)11-12-18(17)23)21(24)15-9-7-6-8-10-15/h6-13,19H,4-5H2,1-3H3. The maximum atomic E-state index is 13.2. The highest BCUT2D eigenvalue weighted by Gasteiger charge is 2.24. The predicted molar refractivity (Wildman–Crippen MR) is 105 cm³/mol. The molecule has 0 saturated heterocycles. The first-order valence-corrected chi connectivity index (χ1v) is 9.39. The molecule has 0 saturated carbocycles. The second kappa shape index (κ2) is 7.54. The van der Waals surface area contributed by atoms with Gasteiger partial charge in [0.2, 0.25) is 0 Å². The first kappa shape index (κ1) is 17.9. The monoisotopic (exact) mass is 399 g/mol. The number of fused-ring (bicyclic) bond motifs is 1. The molecule has 2 aromatic carbocycles. The Morgan fingerprint density at radius 1 is 1.16 bits per heavy atom. The van der Waals surface area contributed by atoms with E-state index >= 15 is 0 Å². The lowest BCUT2D eigenvalue weighted by Crippen LogP contribution is -2.14. The Morgan fingerprint density at radius 3 is 2.52 bits per heavy atom. The van der Waals surface area contributed by atoms with Gasteiger partial charge in [0.25, 0.3) is 0 Å². The summed E-state index contributed by atoms with van der Waals surface area (Å²) in [6, 6.07) is 15.5. The Bertz CT molecular complexity index is 899. The minimum Gasteiger partial charge on any atom is -0.358 e. The smallest absolute Gasteiger partial charge is 0.195 e. The molecule has 1 unspecified atom stereocenters. The average Bonchev–Trinajstić information content (AvgIpc) is 2.91. The summed E-state index contributed by atoms with van der Waals surface area (Å²) in [6.45, 7) is 6.74. The molecule has 4 heteroatoms. The van der Waals surface area contributed by atoms with Gasteiger partial charge in [-0.1, -0.05) is 53.2 Å². The number of carbonyl (C=O) groups excluding carboxylic acids is 1. The van der Waals surface area contributed by atoms with Crippen LogP contribution in [-0.2, 0) is 4.74 Å². The molecule has 0 amide bonds. The fourth-order valence-corrected chi connectivity index (χ4v) is 3.73. The fourth-order valence-electron chi connectivity index (χ4n) is 3.37. The SMILES string of the molecule is CCOC(CC)n1c(C)c(C(=O)c2ccccc2)c2cc(Br)ccc21. The van der Waals surface area contributed by atoms with Crippen molar-refractivity contribution in [2.45, 2.75) is 33.4 Å². The third kappa shape index (κ3) is 3.29. The van der Waals surface area contributed by atoms with Crippen LogP contribution in [0.1, 0.15) is 48.1 Å². The van der Waals surface area contributed by atoms with E-state index in [4.69, 9.17) is 4.74 Å². The van der Waals surface area contributed by atoms with Gasteiger partial charge >= 0.3 is 0 Å². The van der Waals surface area contributed by atoms with Crippen LogP contribution in [0.4, 0.5) is 0 Å². The number of ether oxygens (including phenoxy) is 1. The third-order valence-electron chi connectivity index (χ3n) is 4.47. The van der Waals surface area contributed by atoms with Crippen molar-refractivity contribution in [2.75, 3.05) is 6.61 Å². The molecular formula is C21H22BrNO2. The molecule has 25 heavy (non-hydrogen) atoms. The van der Waals surface area contributed by atoms with Crippen LogP contribution in [0.25, 0.3) is 10.9 Å². The molecule has 3 aromatic rings. The lowest BCUT2D eigenvalue weighted by Gasteiger charge is -2.20. The van der Waals surface area contributed by atoms with Crippen molar-refractivity contribution >= 4 is 32.6 Å². The number of ketones is 1. The third-order valence-corrected chi connectivity index (χ3v) is 4.96. The zero-order valence-electron chi connectivity index (χ0n) is 14.8. The van der Waals surface area contributed by atoms with Crippen molar-refractivity contribution in [2.24, 2.45) is 0 Å². The maximum Gasteiger partial charge on any atom is 0.195 e. The van der Waals surface area contributed by atoms with E-state index in [9.17, 15) is 4.79 Å². The van der Waals surface area contributed by atoms with E-state index in [2.05, 4.69) is 33.5 Å². The molecule has 0 bridgehead atoms. The summed E-state index contributed by atoms with van der Waals surface area (Å²) in [5.74, 6) is 0.0475. The summed E-state index contributed by atoms with van der Waals surface area (Å²) in [4.78, 5) is 13.2. The number of benzene rings is 2. The summed E-state index contributed by atoms with van der Waals surface area (Å²) in [5, 5.41) is 0.957. The van der Waals surface area contributed by atoms with Gasteiger partial charge in [0.1, 0.15) is 6.23 Å². The Balaban J connectivity index is 2.26. The van der Waals surface area contributed by atoms with Gasteiger partial charge in [0, 0.05) is 27.7 Å². The number of hydrogen-bond acceptors (Lipinski definition) is 2. The Morgan fingerprint density at radius 2 is 1.88 bits per heavy atom. The summed E-state index contributed by atoms with van der Waals surface area (Å²) >= 11 is 3.54. The molecule has 3 rings (SSSR count). The molecule has 0 aliphatic carbocycles. The Kier molecular flexibility index (Phi) is 5.40. The van der Waals surface area contributed by atoms with Crippen LogP contribution < -0.4 is 0 Å². The van der Waals surface area contributed by atoms with Gasteiger partial charge in [-0.15, -0.1) is 0 Å². The highest BCUT2D eigenvalue weighted by molar-refractivity contribution is 9.10. The number of carbonyl (C=O) groups is 1. The van der Waals surface area contributed by atoms with Gasteiger partial charge in [-0.05, 0) is 38.5 Å². The van der Waals surface area contributed by atoms with Crippen molar-refractivity contribution in [1.29, 1.82) is 0 Å². The summed E-state index contributed by atoms with van der Waals surface area (Å²) in [7, 11) is 0. The molecule has 0 radical (unpaired) electrons. The molecule has 0 aliphatic heterocycles. The van der Waals surface area contributed by atoms with Crippen LogP contribution in [0.15, 0.2) is 53.0 Å². The second-order valence-corrected chi connectivity index (χ2v) is 6.92. The van der Waals surface area contributed by atoms with Gasteiger partial charge in [-0.25, -0.2) is 0 Å². The summed E-state index contributed by atoms with van der Waals surface area (Å²) in [5.41, 5.74) is 3.43. The minimum atomic E-state index is -0.0778. The topological polar surface area (TPSA) is 31.2 Å². The number of halogens is 1. The Labute approximate surface area is 156 Å². The van der Waals surface area contributed by atoms with E-state index in [1.807, 2.05) is 56.3 Å². The van der Waals surface area contributed by atoms with E-state index in [1.54, 1.807) is 0 Å². The number of aromatic nitrogens is 1. The van der Waals surface area contributed by atoms with Crippen LogP contribution in [0.3, 0.4) is 0 Å². The molecule has 3 nitrogen and oxygen atoms in total. The highest BCUT2D eigenvalue weighted by Crippen LogP contribution is 2.34. The normalized spacial score (nSPS) is 12.5. The fraction of sp³-hybridized carbons (Fsp3) is 0.286. The van der Waals surface area contributed by atoms with E-state index in [1.165, 1.54) is 0 Å². The molecule has 0 N–H and O–H groups in total. The minimum absolute atomic E-state index is 0.0475. The first-order chi connectivity index (χ1) is 12.1. The number of hydrogen-bond donors (Lipinski definition) is 0. The van der Waals surface area contributed by atoms with Crippen LogP contribution in [0, 0.1) is 6.92 Å². The van der Waals surface area contributed by atoms with Crippen molar-refractivity contribution in [3.63, 3.8) is 0 Å². The van der Waals surface area contributed by atoms with Gasteiger partial charge in [-0.2, -0.15) is 0 Å². The van der Waals surface area contributed by atoms with Crippen LogP contribution in [0.5, 0.6) is 0 Å². The quantitative estimate of drug-likeness (QED) is 0.483. The van der Waals surface area contributed by atoms with E-state index in [0.717, 1.165) is 33.1 Å². The summed E-state index contributed by atoms with van der Waals surface area (Å²) < 4.78 is 9.05. The summed E-state index contributed by atoms with van der Waals surface area (Å²) in [6.07, 6.45) is 0.763. The van der Waals surface area contributed by atoms with Crippen LogP contribution >= 0.6 is 15.9 Å². The molecular weight excluding hydrogens is 378 g/mol. The lowest BCUT2D eigenvalue weighted by molar-refractivity contribution is 0.00959. The molecule has 0 aliphatic rings. The zero-order valence-corrected chi connectivity index (χ0v) is 16.3. The molecule has 0 spiro atoms. The molecule has 1 atom stereocenters. The van der Waals surface area contributed by atoms with Gasteiger partial charge in [-0.3, -0.25) is 4.79 Å². The van der Waals surface area contributed by atoms with Gasteiger partial charge in [0.15, 0.2) is 5.78 Å². The number of nitrogens with zero attached hydrogens (tertiary/aromatic N) is 1. The van der Waals surface area contributed by atoms with Crippen molar-refractivity contribution < 1.29 is 9.53 Å². The van der Waals surface area contributed by atoms with E-state index < -0.39 is 0 Å². The Hall–Kier alpha value is -1.91. The maximum absolute atomic E-state index is 13.2. The van der Waals surface area contributed by atoms with Gasteiger partial charge in [0.05, 0.1) is 11.1 Å². The molecule has 1 heterocycles. The first-order valence-electron chi connectivity index (χ1n) is 8.59.